The number of nitrogens with zero attached hydrogens (tertiary/aromatic N) is 3. The van der Waals surface area contributed by atoms with Gasteiger partial charge in [0.2, 0.25) is 0 Å². The third kappa shape index (κ3) is 4.44. The Kier molecular flexibility index (Phi) is 5.51. The van der Waals surface area contributed by atoms with E-state index in [1.54, 1.807) is 27.7 Å². The van der Waals surface area contributed by atoms with Crippen molar-refractivity contribution in [2.75, 3.05) is 13.1 Å². The van der Waals surface area contributed by atoms with Crippen LogP contribution in [0.15, 0.2) is 35.3 Å². The molecule has 1 N–H and O–H groups in total. The van der Waals surface area contributed by atoms with E-state index < -0.39 is 11.4 Å². The molecule has 3 heterocycles. The summed E-state index contributed by atoms with van der Waals surface area (Å²) in [4.78, 5) is 29.3. The van der Waals surface area contributed by atoms with Gasteiger partial charge in [-0.05, 0) is 51.3 Å². The molecule has 1 aliphatic rings. The molecule has 0 atom stereocenters. The van der Waals surface area contributed by atoms with E-state index in [1.165, 1.54) is 12.1 Å². The van der Waals surface area contributed by atoms with Crippen LogP contribution in [0.25, 0.3) is 16.8 Å². The van der Waals surface area contributed by atoms with Crippen molar-refractivity contribution >= 4 is 23.3 Å². The summed E-state index contributed by atoms with van der Waals surface area (Å²) in [5, 5.41) is 4.47. The molecule has 0 unspecified atom stereocenters. The Hall–Kier alpha value is -2.87. The number of carbonyl (C=O) groups excluding carboxylic acids is 1. The van der Waals surface area contributed by atoms with E-state index >= 15 is 0 Å². The second kappa shape index (κ2) is 8.00. The highest BCUT2D eigenvalue weighted by atomic mass is 35.5. The van der Waals surface area contributed by atoms with Crippen LogP contribution in [0.3, 0.4) is 0 Å². The molecule has 0 aliphatic carbocycles. The first-order valence-electron chi connectivity index (χ1n) is 10.2. The number of ether oxygens (including phenoxy) is 1. The lowest BCUT2D eigenvalue weighted by Gasteiger charge is -2.33. The first-order valence-corrected chi connectivity index (χ1v) is 10.5. The monoisotopic (exact) mass is 446 g/mol. The Morgan fingerprint density at radius 2 is 1.97 bits per heavy atom. The molecule has 0 bridgehead atoms. The molecule has 1 fully saturated rings. The molecule has 0 saturated carbocycles. The van der Waals surface area contributed by atoms with Gasteiger partial charge in [0.25, 0.3) is 5.56 Å². The fourth-order valence-corrected chi connectivity index (χ4v) is 4.04. The molecule has 1 aliphatic heterocycles. The van der Waals surface area contributed by atoms with Crippen LogP contribution < -0.4 is 5.56 Å². The second-order valence-corrected chi connectivity index (χ2v) is 9.15. The Morgan fingerprint density at radius 1 is 1.26 bits per heavy atom. The van der Waals surface area contributed by atoms with Crippen LogP contribution in [0.2, 0.25) is 5.02 Å². The predicted octanol–water partition coefficient (Wildman–Crippen LogP) is 4.60. The van der Waals surface area contributed by atoms with Gasteiger partial charge in [-0.3, -0.25) is 4.79 Å². The molecule has 3 aromatic rings. The maximum Gasteiger partial charge on any atom is 0.410 e. The number of H-pyrrole nitrogens is 1. The standard InChI is InChI=1S/C22H24ClFN4O3/c1-22(2,3)31-21(30)27-8-6-13(7-9-27)18-11-19(29)26-20-15(12-25-28(18)20)14-4-5-17(24)16(23)10-14/h4-5,10-13H,6-9H2,1-3H3,(H,26,29). The van der Waals surface area contributed by atoms with Gasteiger partial charge in [-0.15, -0.1) is 0 Å². The van der Waals surface area contributed by atoms with Gasteiger partial charge >= 0.3 is 6.09 Å². The molecule has 1 saturated heterocycles. The zero-order valence-electron chi connectivity index (χ0n) is 17.6. The molecule has 1 aromatic carbocycles. The summed E-state index contributed by atoms with van der Waals surface area (Å²) in [6.45, 7) is 6.60. The average Bonchev–Trinajstić information content (AvgIpc) is 3.12. The van der Waals surface area contributed by atoms with Crippen molar-refractivity contribution in [1.82, 2.24) is 19.5 Å². The normalized spacial score (nSPS) is 15.5. The van der Waals surface area contributed by atoms with E-state index in [0.717, 1.165) is 5.69 Å². The van der Waals surface area contributed by atoms with E-state index in [4.69, 9.17) is 16.3 Å². The zero-order chi connectivity index (χ0) is 22.3. The van der Waals surface area contributed by atoms with E-state index in [-0.39, 0.29) is 22.6 Å². The Labute approximate surface area is 183 Å². The first kappa shape index (κ1) is 21.4. The molecular formula is C22H24ClFN4O3. The first-order chi connectivity index (χ1) is 14.6. The summed E-state index contributed by atoms with van der Waals surface area (Å²) in [6.07, 6.45) is 2.69. The minimum Gasteiger partial charge on any atom is -0.444 e. The average molecular weight is 447 g/mol. The van der Waals surface area contributed by atoms with Crippen LogP contribution in [-0.2, 0) is 4.74 Å². The highest BCUT2D eigenvalue weighted by Gasteiger charge is 2.29. The molecule has 1 amide bonds. The summed E-state index contributed by atoms with van der Waals surface area (Å²) >= 11 is 5.93. The number of nitrogens with one attached hydrogen (secondary N) is 1. The molecule has 31 heavy (non-hydrogen) atoms. The van der Waals surface area contributed by atoms with E-state index in [0.29, 0.717) is 42.7 Å². The van der Waals surface area contributed by atoms with Gasteiger partial charge < -0.3 is 14.6 Å². The molecule has 0 radical (unpaired) electrons. The lowest BCUT2D eigenvalue weighted by Crippen LogP contribution is -2.41. The van der Waals surface area contributed by atoms with Crippen molar-refractivity contribution in [3.05, 3.63) is 57.3 Å². The van der Waals surface area contributed by atoms with Crippen LogP contribution in [0.4, 0.5) is 9.18 Å². The molecule has 4 rings (SSSR count). The van der Waals surface area contributed by atoms with Gasteiger partial charge in [0.15, 0.2) is 0 Å². The summed E-state index contributed by atoms with van der Waals surface area (Å²) in [6, 6.07) is 5.95. The zero-order valence-corrected chi connectivity index (χ0v) is 18.4. The highest BCUT2D eigenvalue weighted by Crippen LogP contribution is 2.31. The summed E-state index contributed by atoms with van der Waals surface area (Å²) < 4.78 is 20.7. The lowest BCUT2D eigenvalue weighted by molar-refractivity contribution is 0.0203. The van der Waals surface area contributed by atoms with Gasteiger partial charge in [0, 0.05) is 30.6 Å². The van der Waals surface area contributed by atoms with Crippen molar-refractivity contribution in [3.8, 4) is 11.1 Å². The second-order valence-electron chi connectivity index (χ2n) is 8.75. The smallest absolute Gasteiger partial charge is 0.410 e. The van der Waals surface area contributed by atoms with Crippen molar-refractivity contribution in [2.45, 2.75) is 45.1 Å². The van der Waals surface area contributed by atoms with Crippen molar-refractivity contribution < 1.29 is 13.9 Å². The van der Waals surface area contributed by atoms with Crippen molar-refractivity contribution in [3.63, 3.8) is 0 Å². The molecular weight excluding hydrogens is 423 g/mol. The maximum atomic E-state index is 13.6. The Bertz CT molecular complexity index is 1190. The van der Waals surface area contributed by atoms with E-state index in [9.17, 15) is 14.0 Å². The van der Waals surface area contributed by atoms with Gasteiger partial charge in [-0.1, -0.05) is 17.7 Å². The summed E-state index contributed by atoms with van der Waals surface area (Å²) in [5.41, 5.74) is 1.84. The molecule has 9 heteroatoms. The topological polar surface area (TPSA) is 79.7 Å². The quantitative estimate of drug-likeness (QED) is 0.624. The minimum absolute atomic E-state index is 0.00451. The predicted molar refractivity (Wildman–Crippen MR) is 116 cm³/mol. The minimum atomic E-state index is -0.540. The Balaban J connectivity index is 1.61. The molecule has 2 aromatic heterocycles. The number of aromatic nitrogens is 3. The van der Waals surface area contributed by atoms with Crippen LogP contribution in [0.5, 0.6) is 0 Å². The molecule has 164 valence electrons. The number of hydrogen-bond acceptors (Lipinski definition) is 4. The van der Waals surface area contributed by atoms with E-state index in [1.807, 2.05) is 20.8 Å². The SMILES string of the molecule is CC(C)(C)OC(=O)N1CCC(c2cc(=O)[nH]c3c(-c4ccc(F)c(Cl)c4)cnn23)CC1. The lowest BCUT2D eigenvalue weighted by atomic mass is 9.93. The number of likely N-dealkylation sites (tertiary alicyclic amines) is 1. The number of amides is 1. The van der Waals surface area contributed by atoms with Crippen LogP contribution in [0.1, 0.15) is 45.2 Å². The highest BCUT2D eigenvalue weighted by molar-refractivity contribution is 6.31. The van der Waals surface area contributed by atoms with Gasteiger partial charge in [0.05, 0.1) is 16.9 Å². The van der Waals surface area contributed by atoms with Crippen molar-refractivity contribution in [2.24, 2.45) is 0 Å². The summed E-state index contributed by atoms with van der Waals surface area (Å²) in [7, 11) is 0. The molecule has 0 spiro atoms. The number of carbonyl (C=O) groups is 1. The largest absolute Gasteiger partial charge is 0.444 e. The number of halogens is 2. The number of aromatic amines is 1. The molecule has 7 nitrogen and oxygen atoms in total. The number of piperidine rings is 1. The number of benzene rings is 1. The maximum absolute atomic E-state index is 13.6. The third-order valence-corrected chi connectivity index (χ3v) is 5.62. The van der Waals surface area contributed by atoms with Crippen LogP contribution in [0, 0.1) is 5.82 Å². The number of hydrogen-bond donors (Lipinski definition) is 1. The fourth-order valence-electron chi connectivity index (χ4n) is 3.86. The third-order valence-electron chi connectivity index (χ3n) is 5.33. The van der Waals surface area contributed by atoms with Crippen molar-refractivity contribution in [1.29, 1.82) is 0 Å². The van der Waals surface area contributed by atoms with Gasteiger partial charge in [-0.2, -0.15) is 5.10 Å². The van der Waals surface area contributed by atoms with Gasteiger partial charge in [0.1, 0.15) is 17.1 Å². The number of rotatable bonds is 2. The van der Waals surface area contributed by atoms with Crippen LogP contribution in [-0.4, -0.2) is 44.3 Å². The van der Waals surface area contributed by atoms with Crippen LogP contribution >= 0.6 is 11.6 Å². The Morgan fingerprint density at radius 3 is 2.61 bits per heavy atom. The van der Waals surface area contributed by atoms with E-state index in [2.05, 4.69) is 10.1 Å². The van der Waals surface area contributed by atoms with Gasteiger partial charge in [-0.25, -0.2) is 13.7 Å². The number of fused-ring (bicyclic) bond motifs is 1. The summed E-state index contributed by atoms with van der Waals surface area (Å²) in [5.74, 6) is -0.444. The fraction of sp³-hybridized carbons (Fsp3) is 0.409.